The van der Waals surface area contributed by atoms with E-state index in [9.17, 15) is 0 Å². The van der Waals surface area contributed by atoms with Gasteiger partial charge in [0.2, 0.25) is 0 Å². The molecule has 1 saturated heterocycles. The summed E-state index contributed by atoms with van der Waals surface area (Å²) in [5.41, 5.74) is 7.61. The molecule has 0 radical (unpaired) electrons. The van der Waals surface area contributed by atoms with Gasteiger partial charge >= 0.3 is 7.12 Å². The normalized spacial score (nSPS) is 18.2. The molecule has 0 spiro atoms. The van der Waals surface area contributed by atoms with E-state index in [1.54, 1.807) is 0 Å². The van der Waals surface area contributed by atoms with Crippen molar-refractivity contribution in [3.8, 4) is 22.3 Å². The standard InChI is InChI=1S/C28H24BNO2/c1-27(2)28(3,4)32-29(31-27)20-13-15-22-26-24(20)19-10-6-5-9-17(19)18-11-7-8-16-12-14-21(30-22)25(26)23(16)18/h5-15,30H,1-4H3. The number of fused-ring (bicyclic) bond motifs is 3. The molecule has 0 unspecified atom stereocenters. The monoisotopic (exact) mass is 417 g/mol. The molecule has 3 nitrogen and oxygen atoms in total. The Labute approximate surface area is 187 Å². The molecule has 4 heteroatoms. The van der Waals surface area contributed by atoms with Gasteiger partial charge in [0.15, 0.2) is 0 Å². The minimum atomic E-state index is -0.419. The lowest BCUT2D eigenvalue weighted by atomic mass is 9.73. The maximum atomic E-state index is 6.54. The van der Waals surface area contributed by atoms with Crippen molar-refractivity contribution in [3.63, 3.8) is 0 Å². The van der Waals surface area contributed by atoms with Crippen molar-refractivity contribution in [1.29, 1.82) is 0 Å². The fourth-order valence-corrected chi connectivity index (χ4v) is 5.49. The number of aromatic amines is 1. The van der Waals surface area contributed by atoms with Gasteiger partial charge < -0.3 is 14.3 Å². The second kappa shape index (κ2) is 5.83. The molecule has 4 aromatic carbocycles. The van der Waals surface area contributed by atoms with Crippen LogP contribution in [-0.2, 0) is 9.31 Å². The Kier molecular flexibility index (Phi) is 3.37. The van der Waals surface area contributed by atoms with Gasteiger partial charge in [-0.25, -0.2) is 0 Å². The second-order valence-electron chi connectivity index (χ2n) is 10.1. The van der Waals surface area contributed by atoms with E-state index in [1.165, 1.54) is 49.3 Å². The second-order valence-corrected chi connectivity index (χ2v) is 10.1. The lowest BCUT2D eigenvalue weighted by Gasteiger charge is -2.32. The maximum Gasteiger partial charge on any atom is 0.495 e. The number of rotatable bonds is 1. The van der Waals surface area contributed by atoms with E-state index in [2.05, 4.69) is 99.4 Å². The van der Waals surface area contributed by atoms with Crippen LogP contribution >= 0.6 is 0 Å². The predicted molar refractivity (Wildman–Crippen MR) is 133 cm³/mol. The van der Waals surface area contributed by atoms with Gasteiger partial charge in [0.05, 0.1) is 11.2 Å². The minimum Gasteiger partial charge on any atom is -0.399 e. The first-order chi connectivity index (χ1) is 15.4. The lowest BCUT2D eigenvalue weighted by molar-refractivity contribution is 0.00578. The number of hydrogen-bond donors (Lipinski definition) is 1. The molecule has 1 aliphatic carbocycles. The fourth-order valence-electron chi connectivity index (χ4n) is 5.49. The van der Waals surface area contributed by atoms with Crippen LogP contribution in [0, 0.1) is 0 Å². The summed E-state index contributed by atoms with van der Waals surface area (Å²) in [6, 6.07) is 24.2. The van der Waals surface area contributed by atoms with Crippen LogP contribution in [0.3, 0.4) is 0 Å². The molecule has 2 heterocycles. The third-order valence-corrected chi connectivity index (χ3v) is 7.80. The number of H-pyrrole nitrogens is 1. The predicted octanol–water partition coefficient (Wildman–Crippen LogP) is 6.42. The molecule has 5 aromatic rings. The molecular weight excluding hydrogens is 393 g/mol. The molecule has 7 rings (SSSR count). The molecule has 1 fully saturated rings. The van der Waals surface area contributed by atoms with Gasteiger partial charge in [-0.3, -0.25) is 0 Å². The molecule has 0 bridgehead atoms. The molecule has 0 atom stereocenters. The Morgan fingerprint density at radius 3 is 2.06 bits per heavy atom. The largest absolute Gasteiger partial charge is 0.495 e. The zero-order valence-electron chi connectivity index (χ0n) is 18.7. The highest BCUT2D eigenvalue weighted by Gasteiger charge is 2.52. The van der Waals surface area contributed by atoms with Gasteiger partial charge in [-0.15, -0.1) is 0 Å². The average molecular weight is 417 g/mol. The van der Waals surface area contributed by atoms with Gasteiger partial charge in [-0.1, -0.05) is 54.6 Å². The van der Waals surface area contributed by atoms with E-state index in [0.29, 0.717) is 0 Å². The van der Waals surface area contributed by atoms with Crippen molar-refractivity contribution in [2.24, 2.45) is 0 Å². The van der Waals surface area contributed by atoms with Crippen molar-refractivity contribution in [2.75, 3.05) is 0 Å². The molecule has 1 aliphatic heterocycles. The van der Waals surface area contributed by atoms with Crippen molar-refractivity contribution in [1.82, 2.24) is 4.98 Å². The van der Waals surface area contributed by atoms with Crippen LogP contribution < -0.4 is 5.46 Å². The highest BCUT2D eigenvalue weighted by Crippen LogP contribution is 2.48. The first-order valence-corrected chi connectivity index (χ1v) is 11.3. The number of benzene rings is 4. The Morgan fingerprint density at radius 2 is 1.28 bits per heavy atom. The summed E-state index contributed by atoms with van der Waals surface area (Å²) in [6.45, 7) is 8.45. The van der Waals surface area contributed by atoms with E-state index in [4.69, 9.17) is 9.31 Å². The molecule has 0 saturated carbocycles. The van der Waals surface area contributed by atoms with Crippen molar-refractivity contribution >= 4 is 45.2 Å². The van der Waals surface area contributed by atoms with E-state index in [1.807, 2.05) is 0 Å². The Morgan fingerprint density at radius 1 is 0.625 bits per heavy atom. The van der Waals surface area contributed by atoms with E-state index >= 15 is 0 Å². The van der Waals surface area contributed by atoms with Crippen molar-refractivity contribution < 1.29 is 9.31 Å². The molecule has 1 N–H and O–H groups in total. The first kappa shape index (κ1) is 18.5. The fraction of sp³-hybridized carbons (Fsp3) is 0.214. The smallest absolute Gasteiger partial charge is 0.399 e. The zero-order chi connectivity index (χ0) is 21.8. The maximum absolute atomic E-state index is 6.54. The summed E-state index contributed by atoms with van der Waals surface area (Å²) in [5.74, 6) is 0. The quantitative estimate of drug-likeness (QED) is 0.313. The number of aromatic nitrogens is 1. The summed E-state index contributed by atoms with van der Waals surface area (Å²) < 4.78 is 13.1. The van der Waals surface area contributed by atoms with Gasteiger partial charge in [0, 0.05) is 21.8 Å². The summed E-state index contributed by atoms with van der Waals surface area (Å²) in [4.78, 5) is 3.67. The van der Waals surface area contributed by atoms with Crippen LogP contribution in [0.15, 0.2) is 66.7 Å². The Balaban J connectivity index is 1.67. The Hall–Kier alpha value is -3.08. The van der Waals surface area contributed by atoms with E-state index in [-0.39, 0.29) is 11.2 Å². The highest BCUT2D eigenvalue weighted by molar-refractivity contribution is 6.65. The minimum absolute atomic E-state index is 0.389. The van der Waals surface area contributed by atoms with Crippen LogP contribution in [0.1, 0.15) is 27.7 Å². The lowest BCUT2D eigenvalue weighted by Crippen LogP contribution is -2.41. The van der Waals surface area contributed by atoms with Crippen molar-refractivity contribution in [3.05, 3.63) is 66.7 Å². The molecule has 2 aliphatic rings. The Bertz CT molecular complexity index is 1580. The third-order valence-electron chi connectivity index (χ3n) is 7.80. The van der Waals surface area contributed by atoms with Crippen LogP contribution in [0.2, 0.25) is 0 Å². The zero-order valence-corrected chi connectivity index (χ0v) is 18.7. The topological polar surface area (TPSA) is 34.2 Å². The van der Waals surface area contributed by atoms with Crippen LogP contribution in [-0.4, -0.2) is 23.3 Å². The summed E-state index contributed by atoms with van der Waals surface area (Å²) >= 11 is 0. The van der Waals surface area contributed by atoms with Gasteiger partial charge in [-0.05, 0) is 78.3 Å². The average Bonchev–Trinajstić information content (AvgIpc) is 3.20. The van der Waals surface area contributed by atoms with Crippen LogP contribution in [0.5, 0.6) is 0 Å². The SMILES string of the molecule is CC1(C)OB(c2ccc3[nH]c4ccc5cccc6c5c4c3c2-c2ccccc2-6)OC1(C)C. The molecule has 32 heavy (non-hydrogen) atoms. The molecule has 1 aromatic heterocycles. The third kappa shape index (κ3) is 2.19. The molecule has 0 amide bonds. The van der Waals surface area contributed by atoms with Crippen LogP contribution in [0.25, 0.3) is 54.8 Å². The van der Waals surface area contributed by atoms with Gasteiger partial charge in [0.25, 0.3) is 0 Å². The summed E-state index contributed by atoms with van der Waals surface area (Å²) in [7, 11) is -0.419. The number of nitrogens with one attached hydrogen (secondary N) is 1. The number of hydrogen-bond acceptors (Lipinski definition) is 2. The highest BCUT2D eigenvalue weighted by atomic mass is 16.7. The summed E-state index contributed by atoms with van der Waals surface area (Å²) in [5, 5.41) is 5.13. The van der Waals surface area contributed by atoms with Gasteiger partial charge in [0.1, 0.15) is 0 Å². The molecule has 156 valence electrons. The van der Waals surface area contributed by atoms with E-state index in [0.717, 1.165) is 11.0 Å². The first-order valence-electron chi connectivity index (χ1n) is 11.3. The van der Waals surface area contributed by atoms with Crippen molar-refractivity contribution in [2.45, 2.75) is 38.9 Å². The van der Waals surface area contributed by atoms with Gasteiger partial charge in [-0.2, -0.15) is 0 Å². The summed E-state index contributed by atoms with van der Waals surface area (Å²) in [6.07, 6.45) is 0. The molecular formula is C28H24BNO2. The van der Waals surface area contributed by atoms with E-state index < -0.39 is 7.12 Å². The van der Waals surface area contributed by atoms with Crippen LogP contribution in [0.4, 0.5) is 0 Å².